The second kappa shape index (κ2) is 4.27. The summed E-state index contributed by atoms with van der Waals surface area (Å²) < 4.78 is 2.71. The molecule has 3 rings (SSSR count). The van der Waals surface area contributed by atoms with Gasteiger partial charge in [-0.05, 0) is 46.8 Å². The van der Waals surface area contributed by atoms with Gasteiger partial charge in [0, 0.05) is 17.2 Å². The number of fused-ring (bicyclic) bond motifs is 1. The first-order valence-electron chi connectivity index (χ1n) is 5.64. The molecule has 1 aliphatic carbocycles. The number of aliphatic hydroxyl groups is 1. The Balaban J connectivity index is 1.68. The summed E-state index contributed by atoms with van der Waals surface area (Å²) in [7, 11) is 0. The lowest BCUT2D eigenvalue weighted by molar-refractivity contribution is 0.0486. The fourth-order valence-electron chi connectivity index (χ4n) is 2.04. The number of nitrogens with zero attached hydrogens (tertiary/aromatic N) is 3. The Bertz CT molecular complexity index is 535. The molecule has 6 heteroatoms. The number of halogens is 1. The summed E-state index contributed by atoms with van der Waals surface area (Å²) in [6.07, 6.45) is 3.53. The van der Waals surface area contributed by atoms with Crippen LogP contribution >= 0.6 is 15.9 Å². The first-order chi connectivity index (χ1) is 8.20. The summed E-state index contributed by atoms with van der Waals surface area (Å²) in [5, 5.41) is 16.7. The fourth-order valence-corrected chi connectivity index (χ4v) is 2.36. The highest BCUT2D eigenvalue weighted by molar-refractivity contribution is 9.10. The van der Waals surface area contributed by atoms with E-state index < -0.39 is 0 Å². The molecule has 0 aliphatic heterocycles. The van der Waals surface area contributed by atoms with E-state index in [0.717, 1.165) is 29.5 Å². The van der Waals surface area contributed by atoms with Crippen molar-refractivity contribution >= 4 is 27.5 Å². The maximum absolute atomic E-state index is 9.19. The molecular formula is C11H13BrN4O. The van der Waals surface area contributed by atoms with Gasteiger partial charge in [0.2, 0.25) is 5.95 Å². The van der Waals surface area contributed by atoms with E-state index >= 15 is 0 Å². The van der Waals surface area contributed by atoms with Gasteiger partial charge in [-0.2, -0.15) is 4.98 Å². The van der Waals surface area contributed by atoms with Crippen molar-refractivity contribution in [2.45, 2.75) is 18.9 Å². The topological polar surface area (TPSA) is 62.5 Å². The molecule has 1 saturated carbocycles. The molecule has 2 aromatic rings. The van der Waals surface area contributed by atoms with E-state index in [0.29, 0.717) is 11.9 Å². The minimum Gasteiger partial charge on any atom is -0.393 e. The predicted molar refractivity (Wildman–Crippen MR) is 67.9 cm³/mol. The van der Waals surface area contributed by atoms with Crippen LogP contribution in [-0.2, 0) is 0 Å². The van der Waals surface area contributed by atoms with Crippen molar-refractivity contribution in [2.75, 3.05) is 11.9 Å². The van der Waals surface area contributed by atoms with Crippen molar-refractivity contribution in [3.63, 3.8) is 0 Å². The summed E-state index contributed by atoms with van der Waals surface area (Å²) in [6, 6.07) is 3.85. The van der Waals surface area contributed by atoms with Crippen LogP contribution in [0.3, 0.4) is 0 Å². The first-order valence-corrected chi connectivity index (χ1v) is 6.44. The molecule has 0 saturated heterocycles. The van der Waals surface area contributed by atoms with E-state index in [1.54, 1.807) is 4.52 Å². The molecule has 17 heavy (non-hydrogen) atoms. The molecule has 0 spiro atoms. The lowest BCUT2D eigenvalue weighted by Crippen LogP contribution is -2.33. The van der Waals surface area contributed by atoms with E-state index in [1.165, 1.54) is 0 Å². The summed E-state index contributed by atoms with van der Waals surface area (Å²) >= 11 is 3.39. The zero-order valence-corrected chi connectivity index (χ0v) is 10.8. The molecule has 2 N–H and O–H groups in total. The number of aromatic nitrogens is 3. The van der Waals surface area contributed by atoms with E-state index in [9.17, 15) is 5.11 Å². The van der Waals surface area contributed by atoms with Crippen molar-refractivity contribution < 1.29 is 5.11 Å². The van der Waals surface area contributed by atoms with Crippen molar-refractivity contribution in [3.05, 3.63) is 22.8 Å². The van der Waals surface area contributed by atoms with Crippen LogP contribution in [0.5, 0.6) is 0 Å². The molecule has 90 valence electrons. The first kappa shape index (κ1) is 11.0. The van der Waals surface area contributed by atoms with Gasteiger partial charge in [-0.25, -0.2) is 4.52 Å². The number of hydrogen-bond donors (Lipinski definition) is 2. The van der Waals surface area contributed by atoms with Crippen LogP contribution in [0.2, 0.25) is 0 Å². The average molecular weight is 297 g/mol. The Morgan fingerprint density at radius 3 is 3.06 bits per heavy atom. The normalized spacial score (nSPS) is 23.6. The molecule has 1 fully saturated rings. The van der Waals surface area contributed by atoms with Crippen LogP contribution in [0.25, 0.3) is 5.65 Å². The molecule has 2 aromatic heterocycles. The third-order valence-electron chi connectivity index (χ3n) is 3.05. The van der Waals surface area contributed by atoms with Crippen LogP contribution in [0, 0.1) is 5.92 Å². The van der Waals surface area contributed by atoms with E-state index in [-0.39, 0.29) is 6.10 Å². The number of pyridine rings is 1. The molecule has 5 nitrogen and oxygen atoms in total. The van der Waals surface area contributed by atoms with Gasteiger partial charge in [-0.1, -0.05) is 0 Å². The van der Waals surface area contributed by atoms with Crippen LogP contribution in [-0.4, -0.2) is 32.4 Å². The van der Waals surface area contributed by atoms with Crippen LogP contribution in [0.15, 0.2) is 22.8 Å². The second-order valence-corrected chi connectivity index (χ2v) is 5.37. The molecule has 0 aromatic carbocycles. The Morgan fingerprint density at radius 1 is 1.47 bits per heavy atom. The van der Waals surface area contributed by atoms with Crippen molar-refractivity contribution in [3.8, 4) is 0 Å². The highest BCUT2D eigenvalue weighted by atomic mass is 79.9. The largest absolute Gasteiger partial charge is 0.393 e. The number of anilines is 1. The minimum absolute atomic E-state index is 0.105. The highest BCUT2D eigenvalue weighted by Gasteiger charge is 2.26. The van der Waals surface area contributed by atoms with Gasteiger partial charge >= 0.3 is 0 Å². The zero-order chi connectivity index (χ0) is 11.8. The van der Waals surface area contributed by atoms with Gasteiger partial charge < -0.3 is 10.4 Å². The molecule has 2 heterocycles. The Hall–Kier alpha value is -1.14. The molecule has 0 bridgehead atoms. The maximum Gasteiger partial charge on any atom is 0.243 e. The monoisotopic (exact) mass is 296 g/mol. The van der Waals surface area contributed by atoms with Crippen molar-refractivity contribution in [1.82, 2.24) is 14.6 Å². The third-order valence-corrected chi connectivity index (χ3v) is 3.52. The fraction of sp³-hybridized carbons (Fsp3) is 0.455. The van der Waals surface area contributed by atoms with Crippen LogP contribution in [0.1, 0.15) is 12.8 Å². The number of hydrogen-bond acceptors (Lipinski definition) is 4. The van der Waals surface area contributed by atoms with E-state index in [2.05, 4.69) is 31.3 Å². The molecule has 0 atom stereocenters. The van der Waals surface area contributed by atoms with Crippen LogP contribution < -0.4 is 5.32 Å². The van der Waals surface area contributed by atoms with Gasteiger partial charge in [-0.3, -0.25) is 0 Å². The highest BCUT2D eigenvalue weighted by Crippen LogP contribution is 2.26. The summed E-state index contributed by atoms with van der Waals surface area (Å²) in [5.74, 6) is 1.19. The minimum atomic E-state index is -0.105. The Labute approximate surface area is 107 Å². The lowest BCUT2D eigenvalue weighted by atomic mass is 9.82. The van der Waals surface area contributed by atoms with Crippen molar-refractivity contribution in [2.24, 2.45) is 5.92 Å². The number of aliphatic hydroxyl groups excluding tert-OH is 1. The van der Waals surface area contributed by atoms with Gasteiger partial charge in [0.1, 0.15) is 0 Å². The Morgan fingerprint density at radius 2 is 2.29 bits per heavy atom. The van der Waals surface area contributed by atoms with Gasteiger partial charge in [0.05, 0.1) is 6.10 Å². The van der Waals surface area contributed by atoms with Gasteiger partial charge in [0.25, 0.3) is 0 Å². The summed E-state index contributed by atoms with van der Waals surface area (Å²) in [5.41, 5.74) is 0.823. The maximum atomic E-state index is 9.19. The molecule has 1 aliphatic rings. The quantitative estimate of drug-likeness (QED) is 0.904. The molecule has 0 unspecified atom stereocenters. The van der Waals surface area contributed by atoms with Crippen LogP contribution in [0.4, 0.5) is 5.95 Å². The zero-order valence-electron chi connectivity index (χ0n) is 9.17. The smallest absolute Gasteiger partial charge is 0.243 e. The summed E-state index contributed by atoms with van der Waals surface area (Å²) in [6.45, 7) is 0.828. The second-order valence-electron chi connectivity index (χ2n) is 4.46. The molecule has 0 radical (unpaired) electrons. The third kappa shape index (κ3) is 2.28. The molecule has 0 amide bonds. The Kier molecular flexibility index (Phi) is 2.76. The van der Waals surface area contributed by atoms with Crippen molar-refractivity contribution in [1.29, 1.82) is 0 Å². The van der Waals surface area contributed by atoms with E-state index in [1.807, 2.05) is 18.3 Å². The van der Waals surface area contributed by atoms with Gasteiger partial charge in [-0.15, -0.1) is 5.10 Å². The predicted octanol–water partition coefficient (Wildman–Crippen LogP) is 1.67. The number of nitrogens with one attached hydrogen (secondary N) is 1. The molecular weight excluding hydrogens is 284 g/mol. The lowest BCUT2D eigenvalue weighted by Gasteiger charge is -2.31. The number of rotatable bonds is 3. The average Bonchev–Trinajstić information content (AvgIpc) is 2.64. The standard InChI is InChI=1S/C11H13BrN4O/c12-8-1-2-10-14-11(15-16(10)6-8)13-5-7-3-9(17)4-7/h1-2,6-7,9,17H,3-5H2,(H,13,15). The summed E-state index contributed by atoms with van der Waals surface area (Å²) in [4.78, 5) is 4.36. The SMILES string of the molecule is OC1CC(CNc2nc3ccc(Br)cn3n2)C1. The van der Waals surface area contributed by atoms with E-state index in [4.69, 9.17) is 0 Å². The van der Waals surface area contributed by atoms with Gasteiger partial charge in [0.15, 0.2) is 5.65 Å².